The number of hydrogen-bond donors (Lipinski definition) is 1. The maximum absolute atomic E-state index is 11.7. The summed E-state index contributed by atoms with van der Waals surface area (Å²) in [6, 6.07) is 0. The maximum Gasteiger partial charge on any atom is 0.117 e. The summed E-state index contributed by atoms with van der Waals surface area (Å²) in [5.74, 6) is 0. The van der Waals surface area contributed by atoms with Gasteiger partial charge in [-0.05, 0) is 0 Å². The molecule has 1 N–H and O–H groups in total. The largest absolute Gasteiger partial charge is 0.373 e. The second-order valence-corrected chi connectivity index (χ2v) is 1.85. The molecule has 0 saturated carbocycles. The van der Waals surface area contributed by atoms with Crippen LogP contribution >= 0.6 is 12.4 Å². The van der Waals surface area contributed by atoms with Gasteiger partial charge in [0.05, 0.1) is 12.7 Å². The van der Waals surface area contributed by atoms with Crippen LogP contribution in [0.25, 0.3) is 0 Å². The van der Waals surface area contributed by atoms with E-state index in [2.05, 4.69) is 5.32 Å². The molecule has 0 aliphatic carbocycles. The number of nitrogens with one attached hydrogen (secondary N) is 1. The van der Waals surface area contributed by atoms with E-state index in [0.29, 0.717) is 13.2 Å². The van der Waals surface area contributed by atoms with Crippen LogP contribution in [0.4, 0.5) is 4.39 Å². The van der Waals surface area contributed by atoms with E-state index in [1.54, 1.807) is 0 Å². The molecule has 0 radical (unpaired) electrons. The van der Waals surface area contributed by atoms with Gasteiger partial charge < -0.3 is 10.1 Å². The first-order chi connectivity index (χ1) is 3.93. The van der Waals surface area contributed by atoms with Gasteiger partial charge >= 0.3 is 0 Å². The Hall–Kier alpha value is 0.140. The van der Waals surface area contributed by atoms with Crippen LogP contribution in [0, 0.1) is 0 Å². The average molecular weight is 156 g/mol. The molecular weight excluding hydrogens is 145 g/mol. The van der Waals surface area contributed by atoms with Gasteiger partial charge in [-0.25, -0.2) is 4.39 Å². The normalized spacial score (nSPS) is 27.0. The molecule has 0 spiro atoms. The van der Waals surface area contributed by atoms with Crippen molar-refractivity contribution in [2.75, 3.05) is 26.4 Å². The summed E-state index contributed by atoms with van der Waals surface area (Å²) in [5.41, 5.74) is 0. The van der Waals surface area contributed by atoms with Crippen LogP contribution in [-0.2, 0) is 4.74 Å². The topological polar surface area (TPSA) is 21.3 Å². The number of halogens is 2. The van der Waals surface area contributed by atoms with Gasteiger partial charge in [0.2, 0.25) is 0 Å². The summed E-state index contributed by atoms with van der Waals surface area (Å²) in [6.07, 6.45) is -0.191. The van der Waals surface area contributed by atoms with Crippen molar-refractivity contribution < 1.29 is 9.13 Å². The summed E-state index contributed by atoms with van der Waals surface area (Å²) < 4.78 is 16.7. The number of alkyl halides is 1. The molecule has 1 aliphatic rings. The number of rotatable bonds is 1. The Morgan fingerprint density at radius 2 is 2.44 bits per heavy atom. The van der Waals surface area contributed by atoms with E-state index in [9.17, 15) is 4.39 Å². The number of ether oxygens (including phenoxy) is 1. The minimum Gasteiger partial charge on any atom is -0.373 e. The zero-order valence-corrected chi connectivity index (χ0v) is 5.92. The summed E-state index contributed by atoms with van der Waals surface area (Å²) >= 11 is 0. The Labute approximate surface area is 60.2 Å². The van der Waals surface area contributed by atoms with E-state index in [1.165, 1.54) is 0 Å². The van der Waals surface area contributed by atoms with Gasteiger partial charge in [0.15, 0.2) is 0 Å². The van der Waals surface area contributed by atoms with Crippen molar-refractivity contribution in [3.05, 3.63) is 0 Å². The van der Waals surface area contributed by atoms with E-state index in [-0.39, 0.29) is 25.2 Å². The Balaban J connectivity index is 0.000000640. The molecule has 1 rings (SSSR count). The lowest BCUT2D eigenvalue weighted by atomic mass is 10.3. The molecule has 9 heavy (non-hydrogen) atoms. The van der Waals surface area contributed by atoms with E-state index in [1.807, 2.05) is 0 Å². The van der Waals surface area contributed by atoms with Crippen LogP contribution in [0.3, 0.4) is 0 Å². The highest BCUT2D eigenvalue weighted by Gasteiger charge is 2.11. The maximum atomic E-state index is 11.7. The molecule has 56 valence electrons. The third-order valence-corrected chi connectivity index (χ3v) is 1.18. The van der Waals surface area contributed by atoms with Gasteiger partial charge in [0, 0.05) is 13.1 Å². The van der Waals surface area contributed by atoms with Gasteiger partial charge in [-0.3, -0.25) is 0 Å². The molecule has 2 nitrogen and oxygen atoms in total. The Morgan fingerprint density at radius 1 is 1.67 bits per heavy atom. The van der Waals surface area contributed by atoms with Crippen LogP contribution in [-0.4, -0.2) is 32.5 Å². The van der Waals surface area contributed by atoms with Crippen LogP contribution < -0.4 is 5.32 Å². The minimum absolute atomic E-state index is 0. The van der Waals surface area contributed by atoms with Gasteiger partial charge in [0.1, 0.15) is 6.67 Å². The quantitative estimate of drug-likeness (QED) is 0.591. The van der Waals surface area contributed by atoms with E-state index in [0.717, 1.165) is 6.54 Å². The van der Waals surface area contributed by atoms with Crippen molar-refractivity contribution >= 4 is 12.4 Å². The molecule has 0 bridgehead atoms. The van der Waals surface area contributed by atoms with Gasteiger partial charge in [-0.2, -0.15) is 0 Å². The summed E-state index contributed by atoms with van der Waals surface area (Å²) in [4.78, 5) is 0. The summed E-state index contributed by atoms with van der Waals surface area (Å²) in [5, 5.41) is 3.02. The zero-order chi connectivity index (χ0) is 5.82. The van der Waals surface area contributed by atoms with Crippen molar-refractivity contribution in [3.8, 4) is 0 Å². The molecule has 1 heterocycles. The van der Waals surface area contributed by atoms with Crippen molar-refractivity contribution in [3.63, 3.8) is 0 Å². The molecule has 0 unspecified atom stereocenters. The minimum atomic E-state index is -0.368. The second-order valence-electron chi connectivity index (χ2n) is 1.85. The fraction of sp³-hybridized carbons (Fsp3) is 1.00. The van der Waals surface area contributed by atoms with Crippen LogP contribution in [0.5, 0.6) is 0 Å². The third kappa shape index (κ3) is 2.98. The predicted molar refractivity (Wildman–Crippen MR) is 35.8 cm³/mol. The molecular formula is C5H11ClFNO. The van der Waals surface area contributed by atoms with E-state index in [4.69, 9.17) is 4.74 Å². The molecule has 1 fully saturated rings. The smallest absolute Gasteiger partial charge is 0.117 e. The Morgan fingerprint density at radius 3 is 2.78 bits per heavy atom. The summed E-state index contributed by atoms with van der Waals surface area (Å²) in [6.45, 7) is 1.80. The summed E-state index contributed by atoms with van der Waals surface area (Å²) in [7, 11) is 0. The molecule has 1 aliphatic heterocycles. The highest BCUT2D eigenvalue weighted by atomic mass is 35.5. The molecule has 4 heteroatoms. The van der Waals surface area contributed by atoms with Crippen molar-refractivity contribution in [1.82, 2.24) is 5.32 Å². The second kappa shape index (κ2) is 4.97. The molecule has 0 aromatic heterocycles. The molecule has 0 aromatic carbocycles. The van der Waals surface area contributed by atoms with Crippen LogP contribution in [0.2, 0.25) is 0 Å². The highest BCUT2D eigenvalue weighted by Crippen LogP contribution is 1.94. The molecule has 1 atom stereocenters. The van der Waals surface area contributed by atoms with E-state index >= 15 is 0 Å². The first-order valence-electron chi connectivity index (χ1n) is 2.82. The predicted octanol–water partition coefficient (Wildman–Crippen LogP) is 0.366. The SMILES string of the molecule is Cl.FC[C@H]1CNCCO1. The lowest BCUT2D eigenvalue weighted by Gasteiger charge is -2.20. The van der Waals surface area contributed by atoms with Crippen molar-refractivity contribution in [2.24, 2.45) is 0 Å². The van der Waals surface area contributed by atoms with Crippen molar-refractivity contribution in [2.45, 2.75) is 6.10 Å². The fourth-order valence-electron chi connectivity index (χ4n) is 0.719. The molecule has 0 amide bonds. The third-order valence-electron chi connectivity index (χ3n) is 1.18. The first-order valence-corrected chi connectivity index (χ1v) is 2.82. The van der Waals surface area contributed by atoms with Crippen molar-refractivity contribution in [1.29, 1.82) is 0 Å². The lowest BCUT2D eigenvalue weighted by Crippen LogP contribution is -2.39. The van der Waals surface area contributed by atoms with Gasteiger partial charge in [0.25, 0.3) is 0 Å². The fourth-order valence-corrected chi connectivity index (χ4v) is 0.719. The average Bonchev–Trinajstić information content (AvgIpc) is 1.90. The monoisotopic (exact) mass is 155 g/mol. The lowest BCUT2D eigenvalue weighted by molar-refractivity contribution is 0.0137. The number of hydrogen-bond acceptors (Lipinski definition) is 2. The highest BCUT2D eigenvalue weighted by molar-refractivity contribution is 5.85. The van der Waals surface area contributed by atoms with Crippen LogP contribution in [0.1, 0.15) is 0 Å². The van der Waals surface area contributed by atoms with E-state index < -0.39 is 0 Å². The van der Waals surface area contributed by atoms with Gasteiger partial charge in [-0.15, -0.1) is 12.4 Å². The van der Waals surface area contributed by atoms with Gasteiger partial charge in [-0.1, -0.05) is 0 Å². The van der Waals surface area contributed by atoms with Crippen LogP contribution in [0.15, 0.2) is 0 Å². The standard InChI is InChI=1S/C5H10FNO.ClH/c6-3-5-4-7-1-2-8-5;/h5,7H,1-4H2;1H/t5-;/m0./s1. The first kappa shape index (κ1) is 9.14. The zero-order valence-electron chi connectivity index (χ0n) is 5.10. The molecule has 0 aromatic rings. The Bertz CT molecular complexity index is 68.0. The molecule has 1 saturated heterocycles. The Kier molecular flexibility index (Phi) is 5.04. The number of morpholine rings is 1.